The Morgan fingerprint density at radius 2 is 2.38 bits per heavy atom. The lowest BCUT2D eigenvalue weighted by molar-refractivity contribution is 0.0524. The smallest absolute Gasteiger partial charge is 0.259 e. The first-order valence-corrected chi connectivity index (χ1v) is 5.48. The molecule has 8 heteroatoms. The maximum absolute atomic E-state index is 10.5. The summed E-state index contributed by atoms with van der Waals surface area (Å²) in [4.78, 5) is 3.81. The maximum atomic E-state index is 10.5. The molecule has 0 saturated carbocycles. The van der Waals surface area contributed by atoms with Crippen molar-refractivity contribution >= 4 is 17.0 Å². The fraction of sp³-hybridized carbons (Fsp3) is 0.375. The van der Waals surface area contributed by atoms with Crippen molar-refractivity contribution in [2.24, 2.45) is 0 Å². The van der Waals surface area contributed by atoms with Gasteiger partial charge in [-0.15, -0.1) is 0 Å². The quantitative estimate of drug-likeness (QED) is 0.498. The highest BCUT2D eigenvalue weighted by Crippen LogP contribution is 2.20. The number of rotatable bonds is 6. The van der Waals surface area contributed by atoms with Crippen LogP contribution < -0.4 is 9.46 Å². The van der Waals surface area contributed by atoms with Crippen molar-refractivity contribution in [2.75, 3.05) is 17.9 Å². The molecule has 16 heavy (non-hydrogen) atoms. The molecule has 2 unspecified atom stereocenters. The van der Waals surface area contributed by atoms with Gasteiger partial charge in [0.25, 0.3) is 11.3 Å². The van der Waals surface area contributed by atoms with E-state index in [2.05, 4.69) is 9.71 Å². The minimum absolute atomic E-state index is 0.0809. The lowest BCUT2D eigenvalue weighted by Gasteiger charge is -2.11. The van der Waals surface area contributed by atoms with Crippen LogP contribution in [0.3, 0.4) is 0 Å². The molecule has 0 amide bonds. The second kappa shape index (κ2) is 6.38. The van der Waals surface area contributed by atoms with Crippen molar-refractivity contribution in [3.63, 3.8) is 0 Å². The van der Waals surface area contributed by atoms with Gasteiger partial charge in [0.05, 0.1) is 6.61 Å². The van der Waals surface area contributed by atoms with Gasteiger partial charge in [0.15, 0.2) is 0 Å². The number of ether oxygens (including phenoxy) is 1. The first kappa shape index (κ1) is 12.8. The van der Waals surface area contributed by atoms with Crippen LogP contribution in [0.1, 0.15) is 0 Å². The molecule has 1 rings (SSSR count). The third-order valence-corrected chi connectivity index (χ3v) is 1.99. The molecule has 2 atom stereocenters. The molecule has 0 aromatic carbocycles. The highest BCUT2D eigenvalue weighted by atomic mass is 32.2. The molecule has 4 N–H and O–H groups in total. The SMILES string of the molecule is O=S(O)Nc1cccnc1OCC(O)CO. The Kier molecular flexibility index (Phi) is 5.12. The molecule has 7 nitrogen and oxygen atoms in total. The summed E-state index contributed by atoms with van der Waals surface area (Å²) in [7, 11) is 0. The number of pyridine rings is 1. The Hall–Kier alpha value is -1.22. The average molecular weight is 248 g/mol. The van der Waals surface area contributed by atoms with E-state index in [9.17, 15) is 4.21 Å². The first-order valence-electron chi connectivity index (χ1n) is 4.37. The predicted molar refractivity (Wildman–Crippen MR) is 57.2 cm³/mol. The molecule has 0 spiro atoms. The Morgan fingerprint density at radius 3 is 3.00 bits per heavy atom. The summed E-state index contributed by atoms with van der Waals surface area (Å²) < 4.78 is 26.5. The molecule has 0 saturated heterocycles. The number of anilines is 1. The second-order valence-electron chi connectivity index (χ2n) is 2.85. The number of hydrogen-bond acceptors (Lipinski definition) is 5. The van der Waals surface area contributed by atoms with Gasteiger partial charge in [-0.3, -0.25) is 9.27 Å². The summed E-state index contributed by atoms with van der Waals surface area (Å²) in [5.74, 6) is 0.0809. The van der Waals surface area contributed by atoms with E-state index in [4.69, 9.17) is 19.5 Å². The van der Waals surface area contributed by atoms with Crippen LogP contribution in [-0.2, 0) is 11.3 Å². The molecule has 0 radical (unpaired) electrons. The molecule has 0 aliphatic rings. The Labute approximate surface area is 94.5 Å². The van der Waals surface area contributed by atoms with Gasteiger partial charge in [-0.25, -0.2) is 9.19 Å². The molecular weight excluding hydrogens is 236 g/mol. The Bertz CT molecular complexity index is 362. The van der Waals surface area contributed by atoms with Crippen molar-refractivity contribution in [1.82, 2.24) is 4.98 Å². The van der Waals surface area contributed by atoms with E-state index in [1.165, 1.54) is 12.3 Å². The van der Waals surface area contributed by atoms with Crippen LogP contribution in [-0.4, -0.2) is 43.3 Å². The third kappa shape index (κ3) is 4.11. The molecule has 90 valence electrons. The van der Waals surface area contributed by atoms with Gasteiger partial charge in [-0.2, -0.15) is 0 Å². The van der Waals surface area contributed by atoms with E-state index in [0.29, 0.717) is 0 Å². The van der Waals surface area contributed by atoms with Crippen LogP contribution in [0.4, 0.5) is 5.69 Å². The van der Waals surface area contributed by atoms with Gasteiger partial charge in [0, 0.05) is 6.20 Å². The third-order valence-electron chi connectivity index (χ3n) is 1.59. The van der Waals surface area contributed by atoms with E-state index >= 15 is 0 Å². The molecule has 1 aromatic rings. The van der Waals surface area contributed by atoms with Gasteiger partial charge in [-0.05, 0) is 12.1 Å². The second-order valence-corrected chi connectivity index (χ2v) is 3.56. The standard InChI is InChI=1S/C8H12N2O5S/c11-4-6(12)5-15-8-7(10-16(13)14)2-1-3-9-8/h1-3,6,10-12H,4-5H2,(H,13,14). The zero-order valence-corrected chi connectivity index (χ0v) is 9.05. The average Bonchev–Trinajstić information content (AvgIpc) is 2.26. The normalized spacial score (nSPS) is 14.2. The minimum Gasteiger partial charge on any atom is -0.473 e. The lowest BCUT2D eigenvalue weighted by atomic mass is 10.4. The summed E-state index contributed by atoms with van der Waals surface area (Å²) in [6.45, 7) is -0.582. The van der Waals surface area contributed by atoms with Gasteiger partial charge < -0.3 is 14.9 Å². The van der Waals surface area contributed by atoms with Crippen LogP contribution in [0, 0.1) is 0 Å². The van der Waals surface area contributed by atoms with E-state index < -0.39 is 24.0 Å². The van der Waals surface area contributed by atoms with Crippen LogP contribution in [0.25, 0.3) is 0 Å². The highest BCUT2D eigenvalue weighted by molar-refractivity contribution is 7.80. The molecule has 0 fully saturated rings. The van der Waals surface area contributed by atoms with E-state index in [1.54, 1.807) is 6.07 Å². The molecule has 1 heterocycles. The van der Waals surface area contributed by atoms with E-state index in [-0.39, 0.29) is 18.2 Å². The number of hydrogen-bond donors (Lipinski definition) is 4. The van der Waals surface area contributed by atoms with Crippen LogP contribution >= 0.6 is 0 Å². The number of aliphatic hydroxyl groups excluding tert-OH is 2. The van der Waals surface area contributed by atoms with Gasteiger partial charge in [0.1, 0.15) is 18.4 Å². The molecule has 1 aromatic heterocycles. The predicted octanol–water partition coefficient (Wildman–Crippen LogP) is -0.638. The van der Waals surface area contributed by atoms with Gasteiger partial charge in [0.2, 0.25) is 5.88 Å². The summed E-state index contributed by atoms with van der Waals surface area (Å²) in [5.41, 5.74) is 0.230. The minimum atomic E-state index is -2.22. The van der Waals surface area contributed by atoms with Gasteiger partial charge in [-0.1, -0.05) is 0 Å². The summed E-state index contributed by atoms with van der Waals surface area (Å²) in [6.07, 6.45) is 0.418. The van der Waals surface area contributed by atoms with Crippen molar-refractivity contribution in [3.8, 4) is 5.88 Å². The fourth-order valence-corrected chi connectivity index (χ4v) is 1.25. The highest BCUT2D eigenvalue weighted by Gasteiger charge is 2.09. The van der Waals surface area contributed by atoms with Crippen molar-refractivity contribution in [3.05, 3.63) is 18.3 Å². The fourth-order valence-electron chi connectivity index (χ4n) is 0.905. The zero-order valence-electron chi connectivity index (χ0n) is 8.24. The summed E-state index contributed by atoms with van der Waals surface area (Å²) in [5, 5.41) is 17.6. The molecular formula is C8H12N2O5S. The van der Waals surface area contributed by atoms with Crippen LogP contribution in [0.5, 0.6) is 5.88 Å². The molecule has 0 aliphatic carbocycles. The van der Waals surface area contributed by atoms with Crippen LogP contribution in [0.15, 0.2) is 18.3 Å². The van der Waals surface area contributed by atoms with E-state index in [0.717, 1.165) is 0 Å². The molecule has 0 bridgehead atoms. The van der Waals surface area contributed by atoms with Gasteiger partial charge >= 0.3 is 0 Å². The van der Waals surface area contributed by atoms with Crippen molar-refractivity contribution in [1.29, 1.82) is 0 Å². The first-order chi connectivity index (χ1) is 7.63. The summed E-state index contributed by atoms with van der Waals surface area (Å²) in [6, 6.07) is 3.06. The van der Waals surface area contributed by atoms with Crippen LogP contribution in [0.2, 0.25) is 0 Å². The Morgan fingerprint density at radius 1 is 1.62 bits per heavy atom. The summed E-state index contributed by atoms with van der Waals surface area (Å²) >= 11 is -2.22. The topological polar surface area (TPSA) is 112 Å². The monoisotopic (exact) mass is 248 g/mol. The van der Waals surface area contributed by atoms with Crippen molar-refractivity contribution in [2.45, 2.75) is 6.10 Å². The largest absolute Gasteiger partial charge is 0.473 e. The molecule has 0 aliphatic heterocycles. The number of aliphatic hydroxyl groups is 2. The van der Waals surface area contributed by atoms with E-state index in [1.807, 2.05) is 0 Å². The zero-order chi connectivity index (χ0) is 12.0. The Balaban J connectivity index is 2.67. The number of aromatic nitrogens is 1. The lowest BCUT2D eigenvalue weighted by Crippen LogP contribution is -2.22. The number of nitrogens with one attached hydrogen (secondary N) is 1. The van der Waals surface area contributed by atoms with Crippen molar-refractivity contribution < 1.29 is 23.7 Å². The number of nitrogens with zero attached hydrogens (tertiary/aromatic N) is 1. The maximum Gasteiger partial charge on any atom is 0.259 e.